The second-order valence-corrected chi connectivity index (χ2v) is 5.01. The van der Waals surface area contributed by atoms with Crippen molar-refractivity contribution in [3.63, 3.8) is 0 Å². The van der Waals surface area contributed by atoms with E-state index < -0.39 is 0 Å². The number of anilines is 1. The molecule has 0 unspecified atom stereocenters. The molecule has 0 radical (unpaired) electrons. The minimum absolute atomic E-state index is 0.501. The predicted octanol–water partition coefficient (Wildman–Crippen LogP) is 3.69. The van der Waals surface area contributed by atoms with Gasteiger partial charge >= 0.3 is 0 Å². The summed E-state index contributed by atoms with van der Waals surface area (Å²) in [6.07, 6.45) is 2.49. The van der Waals surface area contributed by atoms with Crippen molar-refractivity contribution in [3.05, 3.63) is 28.8 Å². The normalized spacial score (nSPS) is 15.0. The van der Waals surface area contributed by atoms with Crippen LogP contribution in [-0.2, 0) is 10.6 Å². The zero-order valence-corrected chi connectivity index (χ0v) is 11.5. The summed E-state index contributed by atoms with van der Waals surface area (Å²) in [5.74, 6) is 0.501. The number of alkyl halides is 1. The maximum absolute atomic E-state index is 6.31. The van der Waals surface area contributed by atoms with Crippen LogP contribution in [0, 0.1) is 0 Å². The van der Waals surface area contributed by atoms with E-state index >= 15 is 0 Å². The highest BCUT2D eigenvalue weighted by atomic mass is 35.5. The molecule has 1 aromatic carbocycles. The van der Waals surface area contributed by atoms with Crippen molar-refractivity contribution in [1.29, 1.82) is 0 Å². The number of nitrogens with zero attached hydrogens (tertiary/aromatic N) is 1. The van der Waals surface area contributed by atoms with Gasteiger partial charge in [-0.2, -0.15) is 0 Å². The van der Waals surface area contributed by atoms with E-state index in [1.807, 2.05) is 12.1 Å². The molecule has 4 heteroatoms. The Morgan fingerprint density at radius 1 is 1.41 bits per heavy atom. The van der Waals surface area contributed by atoms with Crippen molar-refractivity contribution in [2.24, 2.45) is 0 Å². The Morgan fingerprint density at radius 2 is 2.18 bits per heavy atom. The number of halogens is 2. The SMILES string of the molecule is COCCN(c1ccc(CCl)cc1Cl)C1CC1. The van der Waals surface area contributed by atoms with Gasteiger partial charge in [-0.1, -0.05) is 17.7 Å². The van der Waals surface area contributed by atoms with Gasteiger partial charge in [0.1, 0.15) is 0 Å². The van der Waals surface area contributed by atoms with Crippen LogP contribution in [0.5, 0.6) is 0 Å². The first-order valence-corrected chi connectivity index (χ1v) is 6.77. The largest absolute Gasteiger partial charge is 0.383 e. The Kier molecular flexibility index (Phi) is 4.55. The Bertz CT molecular complexity index is 380. The maximum Gasteiger partial charge on any atom is 0.0642 e. The van der Waals surface area contributed by atoms with Crippen molar-refractivity contribution in [1.82, 2.24) is 0 Å². The van der Waals surface area contributed by atoms with E-state index in [0.717, 1.165) is 29.4 Å². The first kappa shape index (κ1) is 13.0. The van der Waals surface area contributed by atoms with Gasteiger partial charge in [0.15, 0.2) is 0 Å². The Labute approximate surface area is 112 Å². The van der Waals surface area contributed by atoms with Crippen LogP contribution in [0.1, 0.15) is 18.4 Å². The summed E-state index contributed by atoms with van der Waals surface area (Å²) in [6.45, 7) is 1.62. The van der Waals surface area contributed by atoms with Gasteiger partial charge in [-0.05, 0) is 30.5 Å². The van der Waals surface area contributed by atoms with Crippen LogP contribution in [-0.4, -0.2) is 26.3 Å². The molecule has 0 atom stereocenters. The molecule has 0 saturated heterocycles. The van der Waals surface area contributed by atoms with Crippen LogP contribution in [0.25, 0.3) is 0 Å². The molecule has 94 valence electrons. The molecule has 0 N–H and O–H groups in total. The molecule has 1 aromatic rings. The van der Waals surface area contributed by atoms with Gasteiger partial charge < -0.3 is 9.64 Å². The van der Waals surface area contributed by atoms with E-state index in [9.17, 15) is 0 Å². The highest BCUT2D eigenvalue weighted by Crippen LogP contribution is 2.36. The van der Waals surface area contributed by atoms with E-state index in [0.29, 0.717) is 11.9 Å². The van der Waals surface area contributed by atoms with Gasteiger partial charge in [-0.25, -0.2) is 0 Å². The fraction of sp³-hybridized carbons (Fsp3) is 0.538. The second kappa shape index (κ2) is 5.94. The Morgan fingerprint density at radius 3 is 2.71 bits per heavy atom. The van der Waals surface area contributed by atoms with E-state index in [4.69, 9.17) is 27.9 Å². The third kappa shape index (κ3) is 3.27. The van der Waals surface area contributed by atoms with Crippen LogP contribution < -0.4 is 4.90 Å². The van der Waals surface area contributed by atoms with Crippen LogP contribution in [0.4, 0.5) is 5.69 Å². The summed E-state index contributed by atoms with van der Waals surface area (Å²) in [6, 6.07) is 6.68. The molecule has 2 rings (SSSR count). The fourth-order valence-corrected chi connectivity index (χ4v) is 2.42. The predicted molar refractivity (Wildman–Crippen MR) is 73.3 cm³/mol. The Balaban J connectivity index is 2.16. The second-order valence-electron chi connectivity index (χ2n) is 4.34. The summed E-state index contributed by atoms with van der Waals surface area (Å²) in [7, 11) is 1.73. The van der Waals surface area contributed by atoms with Gasteiger partial charge in [0.05, 0.1) is 17.3 Å². The third-order valence-corrected chi connectivity index (χ3v) is 3.61. The van der Waals surface area contributed by atoms with Gasteiger partial charge in [-0.15, -0.1) is 11.6 Å². The van der Waals surface area contributed by atoms with E-state index in [1.54, 1.807) is 7.11 Å². The summed E-state index contributed by atoms with van der Waals surface area (Å²) < 4.78 is 5.15. The fourth-order valence-electron chi connectivity index (χ4n) is 1.94. The highest BCUT2D eigenvalue weighted by Gasteiger charge is 2.29. The number of ether oxygens (including phenoxy) is 1. The average molecular weight is 274 g/mol. The molecule has 1 saturated carbocycles. The van der Waals surface area contributed by atoms with E-state index in [-0.39, 0.29) is 0 Å². The minimum Gasteiger partial charge on any atom is -0.383 e. The molecule has 0 spiro atoms. The van der Waals surface area contributed by atoms with Crippen LogP contribution in [0.15, 0.2) is 18.2 Å². The van der Waals surface area contributed by atoms with Gasteiger partial charge in [0, 0.05) is 25.6 Å². The van der Waals surface area contributed by atoms with Crippen molar-refractivity contribution in [2.75, 3.05) is 25.2 Å². The van der Waals surface area contributed by atoms with Crippen molar-refractivity contribution in [2.45, 2.75) is 24.8 Å². The lowest BCUT2D eigenvalue weighted by molar-refractivity contribution is 0.205. The van der Waals surface area contributed by atoms with Crippen LogP contribution >= 0.6 is 23.2 Å². The summed E-state index contributed by atoms with van der Waals surface area (Å²) in [4.78, 5) is 2.34. The van der Waals surface area contributed by atoms with E-state index in [2.05, 4.69) is 11.0 Å². The quantitative estimate of drug-likeness (QED) is 0.733. The monoisotopic (exact) mass is 273 g/mol. The molecule has 1 aliphatic rings. The average Bonchev–Trinajstić information content (AvgIpc) is 3.15. The van der Waals surface area contributed by atoms with Crippen molar-refractivity contribution < 1.29 is 4.74 Å². The van der Waals surface area contributed by atoms with Gasteiger partial charge in [0.2, 0.25) is 0 Å². The van der Waals surface area contributed by atoms with Crippen molar-refractivity contribution >= 4 is 28.9 Å². The minimum atomic E-state index is 0.501. The first-order chi connectivity index (χ1) is 8.26. The lowest BCUT2D eigenvalue weighted by Crippen LogP contribution is -2.29. The van der Waals surface area contributed by atoms with Crippen LogP contribution in [0.2, 0.25) is 5.02 Å². The standard InChI is InChI=1S/C13H17Cl2NO/c1-17-7-6-16(11-3-4-11)13-5-2-10(9-14)8-12(13)15/h2,5,8,11H,3-4,6-7,9H2,1H3. The van der Waals surface area contributed by atoms with Crippen LogP contribution in [0.3, 0.4) is 0 Å². The molecule has 0 aromatic heterocycles. The zero-order chi connectivity index (χ0) is 12.3. The maximum atomic E-state index is 6.31. The smallest absolute Gasteiger partial charge is 0.0642 e. The molecule has 0 amide bonds. The number of rotatable bonds is 6. The molecule has 17 heavy (non-hydrogen) atoms. The van der Waals surface area contributed by atoms with Gasteiger partial charge in [-0.3, -0.25) is 0 Å². The zero-order valence-electron chi connectivity index (χ0n) is 9.96. The molecule has 0 heterocycles. The van der Waals surface area contributed by atoms with Gasteiger partial charge in [0.25, 0.3) is 0 Å². The highest BCUT2D eigenvalue weighted by molar-refractivity contribution is 6.33. The molecule has 0 aliphatic heterocycles. The summed E-state index contributed by atoms with van der Waals surface area (Å²) in [5.41, 5.74) is 2.16. The number of methoxy groups -OCH3 is 1. The lowest BCUT2D eigenvalue weighted by Gasteiger charge is -2.25. The number of hydrogen-bond donors (Lipinski definition) is 0. The topological polar surface area (TPSA) is 12.5 Å². The summed E-state index contributed by atoms with van der Waals surface area (Å²) >= 11 is 12.1. The molecule has 0 bridgehead atoms. The summed E-state index contributed by atoms with van der Waals surface area (Å²) in [5, 5.41) is 0.783. The molecular formula is C13H17Cl2NO. The van der Waals surface area contributed by atoms with Crippen molar-refractivity contribution in [3.8, 4) is 0 Å². The third-order valence-electron chi connectivity index (χ3n) is 3.00. The first-order valence-electron chi connectivity index (χ1n) is 5.86. The number of hydrogen-bond acceptors (Lipinski definition) is 2. The molecule has 1 fully saturated rings. The number of benzene rings is 1. The molecular weight excluding hydrogens is 257 g/mol. The Hall–Kier alpha value is -0.440. The molecule has 1 aliphatic carbocycles. The van der Waals surface area contributed by atoms with E-state index in [1.165, 1.54) is 12.8 Å². The molecule has 2 nitrogen and oxygen atoms in total. The lowest BCUT2D eigenvalue weighted by atomic mass is 10.2.